The average molecular weight is 501 g/mol. The Kier molecular flexibility index (Phi) is 6.92. The first-order chi connectivity index (χ1) is 18.0. The molecule has 2 amide bonds. The van der Waals surface area contributed by atoms with Gasteiger partial charge in [-0.05, 0) is 27.8 Å². The Labute approximate surface area is 215 Å². The minimum atomic E-state index is -1.16. The van der Waals surface area contributed by atoms with E-state index in [2.05, 4.69) is 0 Å². The Bertz CT molecular complexity index is 1270. The first-order valence-electron chi connectivity index (χ1n) is 12.2. The highest BCUT2D eigenvalue weighted by Crippen LogP contribution is 2.47. The summed E-state index contributed by atoms with van der Waals surface area (Å²) in [6.45, 7) is 0.224. The summed E-state index contributed by atoms with van der Waals surface area (Å²) in [5.41, 5.74) is 4.52. The van der Waals surface area contributed by atoms with Crippen molar-refractivity contribution in [3.8, 4) is 11.1 Å². The highest BCUT2D eigenvalue weighted by molar-refractivity contribution is 5.90. The zero-order chi connectivity index (χ0) is 25.9. The van der Waals surface area contributed by atoms with Crippen LogP contribution < -0.4 is 0 Å². The number of aliphatic hydroxyl groups is 1. The number of likely N-dealkylation sites (tertiary alicyclic amines) is 1. The number of hydrogen-bond acceptors (Lipinski definition) is 6. The lowest BCUT2D eigenvalue weighted by Gasteiger charge is -2.34. The SMILES string of the molecule is COC(=O)N(C1c2ccccc2-c2ccccc21)C1C(=O)N(CCC(=O)OCc2ccccc2)CC1O. The summed E-state index contributed by atoms with van der Waals surface area (Å²) in [5.74, 6) is -0.881. The minimum Gasteiger partial charge on any atom is -0.461 e. The Balaban J connectivity index is 1.34. The van der Waals surface area contributed by atoms with Crippen molar-refractivity contribution >= 4 is 18.0 Å². The van der Waals surface area contributed by atoms with Crippen molar-refractivity contribution < 1.29 is 29.0 Å². The number of amides is 2. The van der Waals surface area contributed by atoms with Crippen LogP contribution in [0, 0.1) is 0 Å². The summed E-state index contributed by atoms with van der Waals surface area (Å²) in [6.07, 6.45) is -1.88. The van der Waals surface area contributed by atoms with Gasteiger partial charge in [-0.3, -0.25) is 14.5 Å². The third kappa shape index (κ3) is 4.68. The van der Waals surface area contributed by atoms with E-state index in [-0.39, 0.29) is 26.1 Å². The maximum Gasteiger partial charge on any atom is 0.411 e. The molecule has 2 atom stereocenters. The number of hydrogen-bond donors (Lipinski definition) is 1. The Morgan fingerprint density at radius 1 is 0.946 bits per heavy atom. The minimum absolute atomic E-state index is 0.00102. The summed E-state index contributed by atoms with van der Waals surface area (Å²) in [4.78, 5) is 41.7. The number of carbonyl (C=O) groups excluding carboxylic acids is 3. The fourth-order valence-corrected chi connectivity index (χ4v) is 5.22. The molecule has 190 valence electrons. The van der Waals surface area contributed by atoms with E-state index in [1.807, 2.05) is 78.9 Å². The fourth-order valence-electron chi connectivity index (χ4n) is 5.22. The van der Waals surface area contributed by atoms with E-state index in [0.717, 1.165) is 27.8 Å². The van der Waals surface area contributed by atoms with Gasteiger partial charge >= 0.3 is 12.1 Å². The van der Waals surface area contributed by atoms with Crippen molar-refractivity contribution in [1.29, 1.82) is 0 Å². The Morgan fingerprint density at radius 2 is 1.54 bits per heavy atom. The number of esters is 1. The number of rotatable bonds is 7. The first-order valence-corrected chi connectivity index (χ1v) is 12.2. The van der Waals surface area contributed by atoms with Gasteiger partial charge in [0.25, 0.3) is 0 Å². The zero-order valence-electron chi connectivity index (χ0n) is 20.4. The highest BCUT2D eigenvalue weighted by atomic mass is 16.5. The molecule has 37 heavy (non-hydrogen) atoms. The summed E-state index contributed by atoms with van der Waals surface area (Å²) in [7, 11) is 1.26. The monoisotopic (exact) mass is 500 g/mol. The van der Waals surface area contributed by atoms with Crippen molar-refractivity contribution in [3.05, 3.63) is 95.6 Å². The average Bonchev–Trinajstić information content (AvgIpc) is 3.41. The second kappa shape index (κ2) is 10.4. The molecular formula is C29H28N2O6. The van der Waals surface area contributed by atoms with E-state index < -0.39 is 36.2 Å². The summed E-state index contributed by atoms with van der Waals surface area (Å²) in [6, 6.07) is 23.0. The van der Waals surface area contributed by atoms with Crippen LogP contribution in [0.25, 0.3) is 11.1 Å². The van der Waals surface area contributed by atoms with Crippen LogP contribution in [0.4, 0.5) is 4.79 Å². The Hall–Kier alpha value is -4.17. The molecule has 1 N–H and O–H groups in total. The van der Waals surface area contributed by atoms with E-state index in [1.54, 1.807) is 0 Å². The van der Waals surface area contributed by atoms with Gasteiger partial charge < -0.3 is 19.5 Å². The maximum atomic E-state index is 13.5. The number of ether oxygens (including phenoxy) is 2. The van der Waals surface area contributed by atoms with Gasteiger partial charge in [0.1, 0.15) is 18.8 Å². The number of aliphatic hydroxyl groups excluding tert-OH is 1. The largest absolute Gasteiger partial charge is 0.461 e. The van der Waals surface area contributed by atoms with Gasteiger partial charge in [0.2, 0.25) is 5.91 Å². The third-order valence-electron chi connectivity index (χ3n) is 6.93. The molecule has 1 saturated heterocycles. The molecule has 0 spiro atoms. The summed E-state index contributed by atoms with van der Waals surface area (Å²) >= 11 is 0. The molecule has 8 nitrogen and oxygen atoms in total. The van der Waals surface area contributed by atoms with E-state index in [9.17, 15) is 19.5 Å². The zero-order valence-corrected chi connectivity index (χ0v) is 20.4. The molecule has 2 unspecified atom stereocenters. The van der Waals surface area contributed by atoms with E-state index in [1.165, 1.54) is 16.9 Å². The number of benzene rings is 3. The number of fused-ring (bicyclic) bond motifs is 3. The molecular weight excluding hydrogens is 472 g/mol. The normalized spacial score (nSPS) is 18.3. The predicted octanol–water partition coefficient (Wildman–Crippen LogP) is 3.53. The third-order valence-corrected chi connectivity index (χ3v) is 6.93. The van der Waals surface area contributed by atoms with Crippen LogP contribution >= 0.6 is 0 Å². The smallest absolute Gasteiger partial charge is 0.411 e. The van der Waals surface area contributed by atoms with Gasteiger partial charge in [0.05, 0.1) is 19.6 Å². The number of nitrogens with zero attached hydrogens (tertiary/aromatic N) is 2. The lowest BCUT2D eigenvalue weighted by atomic mass is 10.0. The van der Waals surface area contributed by atoms with Gasteiger partial charge in [-0.15, -0.1) is 0 Å². The molecule has 0 bridgehead atoms. The molecule has 2 aliphatic rings. The highest BCUT2D eigenvalue weighted by Gasteiger charge is 2.50. The van der Waals surface area contributed by atoms with Crippen molar-refractivity contribution in [3.63, 3.8) is 0 Å². The Morgan fingerprint density at radius 3 is 2.16 bits per heavy atom. The van der Waals surface area contributed by atoms with Crippen LogP contribution in [-0.2, 0) is 25.7 Å². The molecule has 8 heteroatoms. The van der Waals surface area contributed by atoms with Gasteiger partial charge in [0, 0.05) is 13.1 Å². The van der Waals surface area contributed by atoms with Crippen LogP contribution in [0.3, 0.4) is 0 Å². The first kappa shape index (κ1) is 24.5. The topological polar surface area (TPSA) is 96.4 Å². The maximum absolute atomic E-state index is 13.5. The predicted molar refractivity (Wildman–Crippen MR) is 135 cm³/mol. The van der Waals surface area contributed by atoms with Crippen LogP contribution in [0.2, 0.25) is 0 Å². The molecule has 3 aromatic carbocycles. The number of carbonyl (C=O) groups is 3. The quantitative estimate of drug-likeness (QED) is 0.499. The van der Waals surface area contributed by atoms with Crippen LogP contribution in [0.5, 0.6) is 0 Å². The molecule has 0 saturated carbocycles. The standard InChI is InChI=1S/C29H28N2O6/c1-36-29(35)31(26-22-13-7-5-11-20(22)21-12-6-8-14-23(21)26)27-24(32)17-30(28(27)34)16-15-25(33)37-18-19-9-3-2-4-10-19/h2-14,24,26-27,32H,15-18H2,1H3. The molecule has 1 aliphatic carbocycles. The molecule has 1 fully saturated rings. The molecule has 5 rings (SSSR count). The van der Waals surface area contributed by atoms with Gasteiger partial charge in [-0.25, -0.2) is 4.79 Å². The second-order valence-corrected chi connectivity index (χ2v) is 9.15. The van der Waals surface area contributed by atoms with Crippen LogP contribution in [0.15, 0.2) is 78.9 Å². The number of methoxy groups -OCH3 is 1. The van der Waals surface area contributed by atoms with E-state index >= 15 is 0 Å². The summed E-state index contributed by atoms with van der Waals surface area (Å²) < 4.78 is 10.4. The van der Waals surface area contributed by atoms with E-state index in [4.69, 9.17) is 9.47 Å². The summed E-state index contributed by atoms with van der Waals surface area (Å²) in [5, 5.41) is 11.0. The number of β-amino-alcohol motifs (C(OH)–C–C–N with tert-alkyl or cyclic N) is 1. The fraction of sp³-hybridized carbons (Fsp3) is 0.276. The molecule has 3 aromatic rings. The van der Waals surface area contributed by atoms with Crippen molar-refractivity contribution in [1.82, 2.24) is 9.80 Å². The van der Waals surface area contributed by atoms with Gasteiger partial charge in [0.15, 0.2) is 0 Å². The van der Waals surface area contributed by atoms with Crippen molar-refractivity contribution in [2.24, 2.45) is 0 Å². The molecule has 0 radical (unpaired) electrons. The van der Waals surface area contributed by atoms with Gasteiger partial charge in [-0.2, -0.15) is 0 Å². The van der Waals surface area contributed by atoms with Crippen LogP contribution in [0.1, 0.15) is 29.2 Å². The van der Waals surface area contributed by atoms with Crippen LogP contribution in [-0.4, -0.2) is 65.2 Å². The van der Waals surface area contributed by atoms with Crippen molar-refractivity contribution in [2.75, 3.05) is 20.2 Å². The second-order valence-electron chi connectivity index (χ2n) is 9.15. The molecule has 1 heterocycles. The lowest BCUT2D eigenvalue weighted by Crippen LogP contribution is -2.51. The lowest BCUT2D eigenvalue weighted by molar-refractivity contribution is -0.145. The molecule has 1 aliphatic heterocycles. The van der Waals surface area contributed by atoms with Crippen molar-refractivity contribution in [2.45, 2.75) is 31.2 Å². The molecule has 0 aromatic heterocycles. The van der Waals surface area contributed by atoms with Gasteiger partial charge in [-0.1, -0.05) is 78.9 Å². The van der Waals surface area contributed by atoms with E-state index in [0.29, 0.717) is 0 Å².